The number of rotatable bonds is 7. The van der Waals surface area contributed by atoms with Crippen LogP contribution in [0.4, 0.5) is 11.4 Å². The summed E-state index contributed by atoms with van der Waals surface area (Å²) < 4.78 is 11.1. The largest absolute Gasteiger partial charge is 0.459 e. The quantitative estimate of drug-likeness (QED) is 0.401. The van der Waals surface area contributed by atoms with Crippen LogP contribution in [0.1, 0.15) is 37.0 Å². The third-order valence-electron chi connectivity index (χ3n) is 5.10. The highest BCUT2D eigenvalue weighted by Gasteiger charge is 2.26. The van der Waals surface area contributed by atoms with Gasteiger partial charge in [0, 0.05) is 38.8 Å². The van der Waals surface area contributed by atoms with Crippen molar-refractivity contribution in [2.24, 2.45) is 5.92 Å². The number of benzene rings is 1. The van der Waals surface area contributed by atoms with Gasteiger partial charge in [0.25, 0.3) is 5.69 Å². The maximum absolute atomic E-state index is 12.4. The first-order valence-corrected chi connectivity index (χ1v) is 9.98. The average molecular weight is 391 g/mol. The van der Waals surface area contributed by atoms with Crippen LogP contribution in [0, 0.1) is 16.0 Å². The Hall–Kier alpha value is -2.19. The molecule has 0 bridgehead atoms. The Kier molecular flexibility index (Phi) is 6.85. The lowest BCUT2D eigenvalue weighted by atomic mass is 10.1. The molecule has 2 aliphatic heterocycles. The molecule has 3 rings (SSSR count). The van der Waals surface area contributed by atoms with Crippen LogP contribution in [0.2, 0.25) is 0 Å². The van der Waals surface area contributed by atoms with E-state index in [1.165, 1.54) is 6.07 Å². The van der Waals surface area contributed by atoms with Crippen molar-refractivity contribution >= 4 is 17.3 Å². The number of nitro groups is 1. The summed E-state index contributed by atoms with van der Waals surface area (Å²) in [4.78, 5) is 27.8. The van der Waals surface area contributed by atoms with Crippen molar-refractivity contribution < 1.29 is 19.2 Å². The molecule has 8 nitrogen and oxygen atoms in total. The number of hydrogen-bond donors (Lipinski definition) is 0. The summed E-state index contributed by atoms with van der Waals surface area (Å²) in [6.07, 6.45) is 1.88. The molecule has 2 aliphatic rings. The van der Waals surface area contributed by atoms with E-state index in [0.29, 0.717) is 18.2 Å². The average Bonchev–Trinajstić information content (AvgIpc) is 3.20. The summed E-state index contributed by atoms with van der Waals surface area (Å²) in [6.45, 7) is 9.30. The Labute approximate surface area is 165 Å². The summed E-state index contributed by atoms with van der Waals surface area (Å²) in [5.74, 6) is 0.0108. The van der Waals surface area contributed by atoms with Crippen LogP contribution in [0.25, 0.3) is 0 Å². The van der Waals surface area contributed by atoms with Crippen LogP contribution >= 0.6 is 0 Å². The summed E-state index contributed by atoms with van der Waals surface area (Å²) in [6, 6.07) is 4.58. The highest BCUT2D eigenvalue weighted by Crippen LogP contribution is 2.31. The second-order valence-corrected chi connectivity index (χ2v) is 7.90. The zero-order valence-electron chi connectivity index (χ0n) is 16.6. The first-order chi connectivity index (χ1) is 13.4. The number of hydrogen-bond acceptors (Lipinski definition) is 7. The summed E-state index contributed by atoms with van der Waals surface area (Å²) >= 11 is 0. The molecule has 0 amide bonds. The topological polar surface area (TPSA) is 85.2 Å². The van der Waals surface area contributed by atoms with Crippen LogP contribution in [0.5, 0.6) is 0 Å². The molecule has 0 radical (unpaired) electrons. The molecule has 8 heteroatoms. The van der Waals surface area contributed by atoms with E-state index in [4.69, 9.17) is 9.47 Å². The zero-order chi connectivity index (χ0) is 20.1. The van der Waals surface area contributed by atoms with Gasteiger partial charge in [0.2, 0.25) is 0 Å². The van der Waals surface area contributed by atoms with E-state index in [0.717, 1.165) is 45.6 Å². The van der Waals surface area contributed by atoms with Gasteiger partial charge in [-0.05, 0) is 30.9 Å². The van der Waals surface area contributed by atoms with Crippen molar-refractivity contribution in [1.29, 1.82) is 0 Å². The van der Waals surface area contributed by atoms with Crippen LogP contribution in [-0.2, 0) is 9.47 Å². The molecule has 1 aromatic carbocycles. The first-order valence-electron chi connectivity index (χ1n) is 9.98. The number of ether oxygens (including phenoxy) is 2. The SMILES string of the molecule is CC(C)CN1CCOC(COC(=O)c2ccc(N3CCCC3)c([N+](=O)[O-])c2)C1. The minimum Gasteiger partial charge on any atom is -0.459 e. The smallest absolute Gasteiger partial charge is 0.338 e. The Morgan fingerprint density at radius 2 is 2.07 bits per heavy atom. The molecular weight excluding hydrogens is 362 g/mol. The fraction of sp³-hybridized carbons (Fsp3) is 0.650. The third-order valence-corrected chi connectivity index (χ3v) is 5.10. The molecule has 0 spiro atoms. The second kappa shape index (κ2) is 9.34. The van der Waals surface area contributed by atoms with E-state index in [2.05, 4.69) is 18.7 Å². The van der Waals surface area contributed by atoms with Crippen LogP contribution in [0.15, 0.2) is 18.2 Å². The number of nitro benzene ring substituents is 1. The highest BCUT2D eigenvalue weighted by molar-refractivity contribution is 5.91. The molecule has 0 aromatic heterocycles. The standard InChI is InChI=1S/C20H29N3O5/c1-15(2)12-21-9-10-27-17(13-21)14-28-20(24)16-5-6-18(19(11-16)23(25)26)22-7-3-4-8-22/h5-6,11,15,17H,3-4,7-10,12-14H2,1-2H3. The van der Waals surface area contributed by atoms with Gasteiger partial charge in [0.1, 0.15) is 18.4 Å². The van der Waals surface area contributed by atoms with Crippen molar-refractivity contribution in [2.75, 3.05) is 50.8 Å². The van der Waals surface area contributed by atoms with E-state index < -0.39 is 10.9 Å². The van der Waals surface area contributed by atoms with Gasteiger partial charge >= 0.3 is 5.97 Å². The molecule has 0 saturated carbocycles. The summed E-state index contributed by atoms with van der Waals surface area (Å²) in [5, 5.41) is 11.5. The zero-order valence-corrected chi connectivity index (χ0v) is 16.6. The maximum atomic E-state index is 12.4. The van der Waals surface area contributed by atoms with Crippen LogP contribution in [-0.4, -0.2) is 67.8 Å². The molecule has 1 atom stereocenters. The van der Waals surface area contributed by atoms with Gasteiger partial charge in [-0.3, -0.25) is 15.0 Å². The van der Waals surface area contributed by atoms with E-state index >= 15 is 0 Å². The van der Waals surface area contributed by atoms with Gasteiger partial charge in [0.15, 0.2) is 0 Å². The minimum atomic E-state index is -0.555. The van der Waals surface area contributed by atoms with E-state index in [-0.39, 0.29) is 24.0 Å². The molecule has 0 N–H and O–H groups in total. The van der Waals surface area contributed by atoms with Crippen molar-refractivity contribution in [3.8, 4) is 0 Å². The Bertz CT molecular complexity index is 703. The van der Waals surface area contributed by atoms with E-state index in [1.54, 1.807) is 12.1 Å². The fourth-order valence-electron chi connectivity index (χ4n) is 3.84. The lowest BCUT2D eigenvalue weighted by Crippen LogP contribution is -2.45. The Morgan fingerprint density at radius 3 is 2.75 bits per heavy atom. The molecule has 2 saturated heterocycles. The molecule has 0 aliphatic carbocycles. The van der Waals surface area contributed by atoms with E-state index in [1.807, 2.05) is 4.90 Å². The Balaban J connectivity index is 1.61. The van der Waals surface area contributed by atoms with Crippen molar-refractivity contribution in [3.05, 3.63) is 33.9 Å². The second-order valence-electron chi connectivity index (χ2n) is 7.90. The lowest BCUT2D eigenvalue weighted by molar-refractivity contribution is -0.384. The molecule has 2 heterocycles. The molecule has 28 heavy (non-hydrogen) atoms. The normalized spacial score (nSPS) is 20.5. The molecule has 1 aromatic rings. The number of carbonyl (C=O) groups excluding carboxylic acids is 1. The van der Waals surface area contributed by atoms with E-state index in [9.17, 15) is 14.9 Å². The van der Waals surface area contributed by atoms with Gasteiger partial charge in [0.05, 0.1) is 17.1 Å². The fourth-order valence-corrected chi connectivity index (χ4v) is 3.84. The predicted octanol–water partition coefficient (Wildman–Crippen LogP) is 2.71. The molecule has 1 unspecified atom stereocenters. The van der Waals surface area contributed by atoms with Gasteiger partial charge in [-0.15, -0.1) is 0 Å². The number of anilines is 1. The Morgan fingerprint density at radius 1 is 1.32 bits per heavy atom. The first kappa shape index (κ1) is 20.5. The van der Waals surface area contributed by atoms with Crippen molar-refractivity contribution in [1.82, 2.24) is 4.90 Å². The maximum Gasteiger partial charge on any atom is 0.338 e. The number of nitrogens with zero attached hydrogens (tertiary/aromatic N) is 3. The lowest BCUT2D eigenvalue weighted by Gasteiger charge is -2.33. The highest BCUT2D eigenvalue weighted by atomic mass is 16.6. The predicted molar refractivity (Wildman–Crippen MR) is 106 cm³/mol. The number of carbonyl (C=O) groups is 1. The third kappa shape index (κ3) is 5.20. The number of esters is 1. The van der Waals surface area contributed by atoms with Gasteiger partial charge in [-0.25, -0.2) is 4.79 Å². The summed E-state index contributed by atoms with van der Waals surface area (Å²) in [5.41, 5.74) is 0.719. The summed E-state index contributed by atoms with van der Waals surface area (Å²) in [7, 11) is 0. The van der Waals surface area contributed by atoms with Crippen molar-refractivity contribution in [2.45, 2.75) is 32.8 Å². The van der Waals surface area contributed by atoms with Crippen molar-refractivity contribution in [3.63, 3.8) is 0 Å². The molecule has 154 valence electrons. The van der Waals surface area contributed by atoms with Crippen LogP contribution < -0.4 is 4.90 Å². The van der Waals surface area contributed by atoms with Gasteiger partial charge < -0.3 is 14.4 Å². The molecular formula is C20H29N3O5. The monoisotopic (exact) mass is 391 g/mol. The molecule has 2 fully saturated rings. The van der Waals surface area contributed by atoms with Crippen LogP contribution in [0.3, 0.4) is 0 Å². The minimum absolute atomic E-state index is 0.0478. The van der Waals surface area contributed by atoms with Gasteiger partial charge in [-0.2, -0.15) is 0 Å². The number of morpholine rings is 1. The van der Waals surface area contributed by atoms with Gasteiger partial charge in [-0.1, -0.05) is 13.8 Å².